The highest BCUT2D eigenvalue weighted by molar-refractivity contribution is 5.94. The van der Waals surface area contributed by atoms with Gasteiger partial charge in [0.1, 0.15) is 5.69 Å². The van der Waals surface area contributed by atoms with E-state index in [2.05, 4.69) is 15.3 Å². The highest BCUT2D eigenvalue weighted by Crippen LogP contribution is 2.28. The number of anilines is 2. The Morgan fingerprint density at radius 1 is 1.14 bits per heavy atom. The highest BCUT2D eigenvalue weighted by atomic mass is 19.1. The molecule has 1 saturated heterocycles. The average Bonchev–Trinajstić information content (AvgIpc) is 2.78. The van der Waals surface area contributed by atoms with Gasteiger partial charge in [0.25, 0.3) is 0 Å². The Bertz CT molecular complexity index is 824. The number of hydrogen-bond donors (Lipinski definition) is 2. The van der Waals surface area contributed by atoms with Crippen molar-refractivity contribution >= 4 is 17.5 Å². The minimum Gasteiger partial charge on any atom is -0.400 e. The van der Waals surface area contributed by atoms with E-state index in [-0.39, 0.29) is 11.6 Å². The largest absolute Gasteiger partial charge is 0.400 e. The van der Waals surface area contributed by atoms with Crippen LogP contribution in [0.3, 0.4) is 0 Å². The molecule has 2 fully saturated rings. The molecule has 2 aromatic rings. The van der Waals surface area contributed by atoms with E-state index in [4.69, 9.17) is 5.11 Å². The van der Waals surface area contributed by atoms with E-state index in [0.717, 1.165) is 38.5 Å². The molecule has 1 aliphatic heterocycles. The zero-order valence-electron chi connectivity index (χ0n) is 16.9. The average molecular weight is 400 g/mol. The molecule has 29 heavy (non-hydrogen) atoms. The highest BCUT2D eigenvalue weighted by Gasteiger charge is 2.21. The number of aliphatic hydroxyl groups excluding tert-OH is 1. The van der Waals surface area contributed by atoms with E-state index in [1.165, 1.54) is 25.5 Å². The summed E-state index contributed by atoms with van der Waals surface area (Å²) >= 11 is 0. The first-order chi connectivity index (χ1) is 14.2. The molecule has 0 spiro atoms. The minimum atomic E-state index is -0.452. The van der Waals surface area contributed by atoms with Gasteiger partial charge in [-0.1, -0.05) is 31.4 Å². The van der Waals surface area contributed by atoms with Crippen molar-refractivity contribution in [2.75, 3.05) is 23.9 Å². The third-order valence-corrected chi connectivity index (χ3v) is 5.44. The Labute approximate surface area is 171 Å². The normalized spacial score (nSPS) is 17.5. The molecule has 1 aromatic carbocycles. The first-order valence-electron chi connectivity index (χ1n) is 10.4. The number of nitrogens with zero attached hydrogens (tertiary/aromatic N) is 3. The fourth-order valence-corrected chi connectivity index (χ4v) is 3.97. The maximum Gasteiger partial charge on any atom is 0.226 e. The van der Waals surface area contributed by atoms with Crippen molar-refractivity contribution in [2.45, 2.75) is 57.4 Å². The molecule has 0 radical (unpaired) electrons. The number of benzene rings is 1. The van der Waals surface area contributed by atoms with Crippen LogP contribution in [0.25, 0.3) is 11.3 Å². The SMILES string of the molecule is CO.O=C1CCCCN1c1cccc(-c2nc(NC3CCCCC3)ncc2F)c1. The number of rotatable bonds is 4. The molecule has 0 unspecified atom stereocenters. The Morgan fingerprint density at radius 2 is 1.93 bits per heavy atom. The lowest BCUT2D eigenvalue weighted by molar-refractivity contribution is -0.119. The molecule has 2 heterocycles. The number of aliphatic hydroxyl groups is 1. The minimum absolute atomic E-state index is 0.126. The molecule has 2 aliphatic rings. The second kappa shape index (κ2) is 10.3. The summed E-state index contributed by atoms with van der Waals surface area (Å²) in [5, 5.41) is 10.3. The quantitative estimate of drug-likeness (QED) is 0.806. The van der Waals surface area contributed by atoms with Crippen molar-refractivity contribution in [1.82, 2.24) is 9.97 Å². The maximum atomic E-state index is 14.5. The number of nitrogens with one attached hydrogen (secondary N) is 1. The van der Waals surface area contributed by atoms with Crippen molar-refractivity contribution in [3.63, 3.8) is 0 Å². The van der Waals surface area contributed by atoms with Crippen molar-refractivity contribution in [3.8, 4) is 11.3 Å². The number of carbonyl (C=O) groups excluding carboxylic acids is 1. The molecule has 1 amide bonds. The van der Waals surface area contributed by atoms with Crippen LogP contribution < -0.4 is 10.2 Å². The van der Waals surface area contributed by atoms with Crippen molar-refractivity contribution < 1.29 is 14.3 Å². The van der Waals surface area contributed by atoms with Crippen LogP contribution in [-0.4, -0.2) is 40.7 Å². The van der Waals surface area contributed by atoms with E-state index < -0.39 is 5.82 Å². The van der Waals surface area contributed by atoms with Gasteiger partial charge in [0, 0.05) is 37.4 Å². The van der Waals surface area contributed by atoms with Gasteiger partial charge in [0.15, 0.2) is 5.82 Å². The molecule has 156 valence electrons. The van der Waals surface area contributed by atoms with Crippen molar-refractivity contribution in [2.24, 2.45) is 0 Å². The standard InChI is InChI=1S/C21H25FN4O.CH4O/c22-18-14-23-21(24-16-8-2-1-3-9-16)25-20(18)15-7-6-10-17(13-15)26-12-5-4-11-19(26)27;1-2/h6-7,10,13-14,16H,1-5,8-9,11-12H2,(H,23,24,25);2H,1H3. The molecular formula is C22H29FN4O2. The summed E-state index contributed by atoms with van der Waals surface area (Å²) < 4.78 is 14.5. The predicted octanol–water partition coefficient (Wildman–Crippen LogP) is 4.15. The Balaban J connectivity index is 0.00000117. The van der Waals surface area contributed by atoms with Gasteiger partial charge in [-0.25, -0.2) is 14.4 Å². The third kappa shape index (κ3) is 5.29. The fraction of sp³-hybridized carbons (Fsp3) is 0.500. The lowest BCUT2D eigenvalue weighted by Crippen LogP contribution is -2.35. The van der Waals surface area contributed by atoms with Crippen LogP contribution in [-0.2, 0) is 4.79 Å². The second-order valence-corrected chi connectivity index (χ2v) is 7.42. The molecule has 1 saturated carbocycles. The van der Waals surface area contributed by atoms with E-state index in [1.807, 2.05) is 24.3 Å². The van der Waals surface area contributed by atoms with E-state index >= 15 is 0 Å². The lowest BCUT2D eigenvalue weighted by Gasteiger charge is -2.27. The molecule has 0 bridgehead atoms. The number of carbonyl (C=O) groups is 1. The third-order valence-electron chi connectivity index (χ3n) is 5.44. The lowest BCUT2D eigenvalue weighted by atomic mass is 9.96. The van der Waals surface area contributed by atoms with Crippen LogP contribution >= 0.6 is 0 Å². The molecule has 1 aromatic heterocycles. The van der Waals surface area contributed by atoms with E-state index in [0.29, 0.717) is 30.5 Å². The summed E-state index contributed by atoms with van der Waals surface area (Å²) in [5.74, 6) is 0.144. The summed E-state index contributed by atoms with van der Waals surface area (Å²) in [4.78, 5) is 22.5. The van der Waals surface area contributed by atoms with Crippen LogP contribution in [0, 0.1) is 5.82 Å². The van der Waals surface area contributed by atoms with Gasteiger partial charge in [-0.3, -0.25) is 4.79 Å². The van der Waals surface area contributed by atoms with E-state index in [9.17, 15) is 9.18 Å². The van der Waals surface area contributed by atoms with Crippen LogP contribution in [0.5, 0.6) is 0 Å². The van der Waals surface area contributed by atoms with Crippen LogP contribution in [0.15, 0.2) is 30.5 Å². The Hall–Kier alpha value is -2.54. The Kier molecular flexibility index (Phi) is 7.52. The molecule has 1 aliphatic carbocycles. The molecule has 0 atom stereocenters. The summed E-state index contributed by atoms with van der Waals surface area (Å²) in [6.45, 7) is 0.711. The zero-order chi connectivity index (χ0) is 20.6. The molecule has 4 rings (SSSR count). The predicted molar refractivity (Wildman–Crippen MR) is 112 cm³/mol. The number of hydrogen-bond acceptors (Lipinski definition) is 5. The summed E-state index contributed by atoms with van der Waals surface area (Å²) in [5.41, 5.74) is 1.74. The van der Waals surface area contributed by atoms with E-state index in [1.54, 1.807) is 4.90 Å². The molecule has 7 heteroatoms. The van der Waals surface area contributed by atoms with Crippen LogP contribution in [0.4, 0.5) is 16.0 Å². The first-order valence-corrected chi connectivity index (χ1v) is 10.4. The molecule has 6 nitrogen and oxygen atoms in total. The smallest absolute Gasteiger partial charge is 0.226 e. The topological polar surface area (TPSA) is 78.3 Å². The van der Waals surface area contributed by atoms with Gasteiger partial charge in [-0.15, -0.1) is 0 Å². The van der Waals surface area contributed by atoms with Gasteiger partial charge in [0.2, 0.25) is 11.9 Å². The number of halogens is 1. The summed E-state index contributed by atoms with van der Waals surface area (Å²) in [6, 6.07) is 7.77. The van der Waals surface area contributed by atoms with Crippen LogP contribution in [0.1, 0.15) is 51.4 Å². The van der Waals surface area contributed by atoms with Gasteiger partial charge in [0.05, 0.1) is 6.20 Å². The van der Waals surface area contributed by atoms with Crippen molar-refractivity contribution in [1.29, 1.82) is 0 Å². The van der Waals surface area contributed by atoms with Crippen molar-refractivity contribution in [3.05, 3.63) is 36.3 Å². The molecule has 2 N–H and O–H groups in total. The Morgan fingerprint density at radius 3 is 2.69 bits per heavy atom. The number of aromatic nitrogens is 2. The monoisotopic (exact) mass is 400 g/mol. The zero-order valence-corrected chi connectivity index (χ0v) is 16.9. The second-order valence-electron chi connectivity index (χ2n) is 7.42. The van der Waals surface area contributed by atoms with Gasteiger partial charge >= 0.3 is 0 Å². The number of amides is 1. The maximum absolute atomic E-state index is 14.5. The summed E-state index contributed by atoms with van der Waals surface area (Å²) in [6.07, 6.45) is 9.61. The first kappa shape index (κ1) is 21.2. The molecular weight excluding hydrogens is 371 g/mol. The van der Waals surface area contributed by atoms with Crippen LogP contribution in [0.2, 0.25) is 0 Å². The summed E-state index contributed by atoms with van der Waals surface area (Å²) in [7, 11) is 1.00. The van der Waals surface area contributed by atoms with Gasteiger partial charge in [-0.2, -0.15) is 0 Å². The number of piperidine rings is 1. The van der Waals surface area contributed by atoms with Gasteiger partial charge < -0.3 is 15.3 Å². The fourth-order valence-electron chi connectivity index (χ4n) is 3.97. The van der Waals surface area contributed by atoms with Gasteiger partial charge in [-0.05, 0) is 37.8 Å².